The zero-order valence-electron chi connectivity index (χ0n) is 23.1. The number of carbonyl (C=O) groups is 1. The second-order valence-electron chi connectivity index (χ2n) is 10.9. The molecule has 0 bridgehead atoms. The largest absolute Gasteiger partial charge is 0.493 e. The van der Waals surface area contributed by atoms with Crippen molar-refractivity contribution >= 4 is 34.5 Å². The molecule has 1 amide bonds. The average molecular weight is 581 g/mol. The molecule has 7 nitrogen and oxygen atoms in total. The summed E-state index contributed by atoms with van der Waals surface area (Å²) in [4.78, 5) is 26.0. The number of aromatic nitrogens is 1. The number of benzene rings is 2. The van der Waals surface area contributed by atoms with E-state index in [9.17, 15) is 4.79 Å². The van der Waals surface area contributed by atoms with Gasteiger partial charge in [0.05, 0.1) is 12.8 Å². The minimum Gasteiger partial charge on any atom is -0.493 e. The molecule has 0 radical (unpaired) electrons. The Kier molecular flexibility index (Phi) is 8.58. The molecule has 1 aromatic heterocycles. The van der Waals surface area contributed by atoms with Gasteiger partial charge in [-0.05, 0) is 76.1 Å². The second kappa shape index (κ2) is 12.5. The van der Waals surface area contributed by atoms with Crippen molar-refractivity contribution in [1.29, 1.82) is 0 Å². The molecule has 0 spiro atoms. The summed E-state index contributed by atoms with van der Waals surface area (Å²) >= 11 is 7.48. The zero-order chi connectivity index (χ0) is 27.5. The van der Waals surface area contributed by atoms with Crippen LogP contribution in [0, 0.1) is 0 Å². The second-order valence-corrected chi connectivity index (χ2v) is 12.3. The minimum absolute atomic E-state index is 0.0253. The fourth-order valence-corrected chi connectivity index (χ4v) is 7.30. The monoisotopic (exact) mass is 580 g/mol. The van der Waals surface area contributed by atoms with Crippen LogP contribution in [0.5, 0.6) is 11.5 Å². The van der Waals surface area contributed by atoms with Gasteiger partial charge in [-0.25, -0.2) is 4.98 Å². The van der Waals surface area contributed by atoms with Gasteiger partial charge < -0.3 is 19.3 Å². The van der Waals surface area contributed by atoms with E-state index in [0.717, 1.165) is 47.6 Å². The van der Waals surface area contributed by atoms with Gasteiger partial charge in [-0.15, -0.1) is 11.3 Å². The van der Waals surface area contributed by atoms with Crippen LogP contribution >= 0.6 is 22.9 Å². The first-order valence-electron chi connectivity index (χ1n) is 14.4. The lowest BCUT2D eigenvalue weighted by Crippen LogP contribution is -2.47. The van der Waals surface area contributed by atoms with E-state index in [1.54, 1.807) is 7.11 Å². The van der Waals surface area contributed by atoms with Gasteiger partial charge in [-0.2, -0.15) is 0 Å². The first-order valence-corrected chi connectivity index (χ1v) is 15.6. The summed E-state index contributed by atoms with van der Waals surface area (Å²) in [5.74, 6) is 1.33. The molecule has 9 heteroatoms. The highest BCUT2D eigenvalue weighted by Crippen LogP contribution is 2.37. The van der Waals surface area contributed by atoms with Gasteiger partial charge in [0, 0.05) is 47.9 Å². The third-order valence-corrected chi connectivity index (χ3v) is 9.77. The summed E-state index contributed by atoms with van der Waals surface area (Å²) < 4.78 is 11.8. The van der Waals surface area contributed by atoms with E-state index in [-0.39, 0.29) is 5.91 Å². The summed E-state index contributed by atoms with van der Waals surface area (Å²) in [6.07, 6.45) is 7.33. The number of piperidine rings is 2. The molecule has 3 aliphatic rings. The maximum absolute atomic E-state index is 13.5. The molecular formula is C31H37ClN4O3S. The van der Waals surface area contributed by atoms with Gasteiger partial charge in [0.2, 0.25) is 0 Å². The quantitative estimate of drug-likeness (QED) is 0.325. The topological polar surface area (TPSA) is 58.1 Å². The normalized spacial score (nSPS) is 19.1. The predicted octanol–water partition coefficient (Wildman–Crippen LogP) is 6.00. The molecule has 0 unspecified atom stereocenters. The predicted molar refractivity (Wildman–Crippen MR) is 161 cm³/mol. The van der Waals surface area contributed by atoms with Crippen LogP contribution in [0.25, 0.3) is 10.6 Å². The van der Waals surface area contributed by atoms with E-state index in [2.05, 4.69) is 9.80 Å². The van der Waals surface area contributed by atoms with Crippen LogP contribution in [0.15, 0.2) is 42.5 Å². The summed E-state index contributed by atoms with van der Waals surface area (Å²) in [5, 5.41) is 1.52. The van der Waals surface area contributed by atoms with Crippen molar-refractivity contribution in [3.8, 4) is 22.1 Å². The maximum Gasteiger partial charge on any atom is 0.270 e. The number of thiazole rings is 1. The Balaban J connectivity index is 1.05. The van der Waals surface area contributed by atoms with Gasteiger partial charge in [-0.3, -0.25) is 9.69 Å². The Morgan fingerprint density at radius 1 is 0.975 bits per heavy atom. The number of carbonyl (C=O) groups excluding carboxylic acids is 1. The van der Waals surface area contributed by atoms with Crippen molar-refractivity contribution in [3.05, 3.63) is 58.1 Å². The van der Waals surface area contributed by atoms with Crippen molar-refractivity contribution in [2.45, 2.75) is 44.6 Å². The number of hydrogen-bond acceptors (Lipinski definition) is 7. The average Bonchev–Trinajstić information content (AvgIpc) is 3.44. The Bertz CT molecular complexity index is 1320. The molecule has 2 fully saturated rings. The van der Waals surface area contributed by atoms with Crippen LogP contribution in [0.3, 0.4) is 0 Å². The lowest BCUT2D eigenvalue weighted by molar-refractivity contribution is 0.0855. The number of fused-ring (bicyclic) bond motifs is 1. The van der Waals surface area contributed by atoms with Crippen LogP contribution in [-0.4, -0.2) is 79.7 Å². The van der Waals surface area contributed by atoms with Crippen LogP contribution in [0.2, 0.25) is 5.02 Å². The highest BCUT2D eigenvalue weighted by Gasteiger charge is 2.30. The third-order valence-electron chi connectivity index (χ3n) is 8.39. The highest BCUT2D eigenvalue weighted by molar-refractivity contribution is 7.17. The number of halogens is 1. The number of anilines is 1. The first-order chi connectivity index (χ1) is 19.6. The molecule has 6 rings (SSSR count). The highest BCUT2D eigenvalue weighted by atomic mass is 35.5. The molecule has 0 saturated carbocycles. The molecule has 0 atom stereocenters. The maximum atomic E-state index is 13.5. The van der Waals surface area contributed by atoms with Gasteiger partial charge in [-0.1, -0.05) is 30.2 Å². The summed E-state index contributed by atoms with van der Waals surface area (Å²) in [6, 6.07) is 14.1. The molecule has 3 aromatic rings. The van der Waals surface area contributed by atoms with E-state index in [4.69, 9.17) is 26.1 Å². The van der Waals surface area contributed by atoms with Crippen molar-refractivity contribution in [2.24, 2.45) is 0 Å². The standard InChI is InChI=1S/C31H37ClN4O3S/c1-38-28-21-25(36-18-13-26-29(31(36)37)40-30(33-26)22-5-7-23(32)8-6-22)9-10-27(28)39-20-19-34-16-11-24(12-17-34)35-14-3-2-4-15-35/h5-10,21,24H,2-4,11-20H2,1H3. The van der Waals surface area contributed by atoms with Gasteiger partial charge in [0.25, 0.3) is 5.91 Å². The lowest BCUT2D eigenvalue weighted by Gasteiger charge is -2.40. The smallest absolute Gasteiger partial charge is 0.270 e. The van der Waals surface area contributed by atoms with E-state index in [0.29, 0.717) is 41.0 Å². The molecular weight excluding hydrogens is 544 g/mol. The van der Waals surface area contributed by atoms with E-state index < -0.39 is 0 Å². The third kappa shape index (κ3) is 6.00. The number of methoxy groups -OCH3 is 1. The summed E-state index contributed by atoms with van der Waals surface area (Å²) in [6.45, 7) is 6.93. The molecule has 2 aromatic carbocycles. The van der Waals surface area contributed by atoms with Crippen molar-refractivity contribution < 1.29 is 14.3 Å². The molecule has 40 heavy (non-hydrogen) atoms. The fraction of sp³-hybridized carbons (Fsp3) is 0.484. The lowest BCUT2D eigenvalue weighted by atomic mass is 10.00. The van der Waals surface area contributed by atoms with Gasteiger partial charge in [0.15, 0.2) is 11.5 Å². The Labute approximate surface area is 245 Å². The number of ether oxygens (including phenoxy) is 2. The van der Waals surface area contributed by atoms with Crippen molar-refractivity contribution in [3.63, 3.8) is 0 Å². The molecule has 0 aliphatic carbocycles. The van der Waals surface area contributed by atoms with Crippen LogP contribution in [0.4, 0.5) is 5.69 Å². The number of rotatable bonds is 8. The molecule has 212 valence electrons. The zero-order valence-corrected chi connectivity index (χ0v) is 24.7. The first kappa shape index (κ1) is 27.5. The van der Waals surface area contributed by atoms with E-state index >= 15 is 0 Å². The van der Waals surface area contributed by atoms with Crippen LogP contribution < -0.4 is 14.4 Å². The molecule has 4 heterocycles. The molecule has 0 N–H and O–H groups in total. The number of amides is 1. The Hall–Kier alpha value is -2.65. The summed E-state index contributed by atoms with van der Waals surface area (Å²) in [5.41, 5.74) is 2.64. The van der Waals surface area contributed by atoms with Crippen molar-refractivity contribution in [2.75, 3.05) is 57.9 Å². The minimum atomic E-state index is -0.0253. The SMILES string of the molecule is COc1cc(N2CCc3nc(-c4ccc(Cl)cc4)sc3C2=O)ccc1OCCN1CCC(N2CCCCC2)CC1. The van der Waals surface area contributed by atoms with Crippen molar-refractivity contribution in [1.82, 2.24) is 14.8 Å². The number of likely N-dealkylation sites (tertiary alicyclic amines) is 2. The Morgan fingerprint density at radius 3 is 2.50 bits per heavy atom. The number of hydrogen-bond donors (Lipinski definition) is 0. The van der Waals surface area contributed by atoms with Crippen LogP contribution in [-0.2, 0) is 6.42 Å². The van der Waals surface area contributed by atoms with Crippen LogP contribution in [0.1, 0.15) is 47.5 Å². The van der Waals surface area contributed by atoms with Gasteiger partial charge in [0.1, 0.15) is 16.5 Å². The number of nitrogens with zero attached hydrogens (tertiary/aromatic N) is 4. The Morgan fingerprint density at radius 2 is 1.75 bits per heavy atom. The van der Waals surface area contributed by atoms with E-state index in [1.165, 1.54) is 56.5 Å². The summed E-state index contributed by atoms with van der Waals surface area (Å²) in [7, 11) is 1.65. The van der Waals surface area contributed by atoms with Gasteiger partial charge >= 0.3 is 0 Å². The van der Waals surface area contributed by atoms with E-state index in [1.807, 2.05) is 47.4 Å². The molecule has 2 saturated heterocycles. The fourth-order valence-electron chi connectivity index (χ4n) is 6.11. The molecule has 3 aliphatic heterocycles.